The maximum atomic E-state index is 12.4. The molecule has 3 aliphatic rings. The molecule has 7 heteroatoms. The second-order valence-corrected chi connectivity index (χ2v) is 5.86. The Labute approximate surface area is 118 Å². The molecule has 2 saturated carbocycles. The molecule has 3 rings (SSSR count). The number of nitrogens with zero attached hydrogens (tertiary/aromatic N) is 2. The topological polar surface area (TPSA) is 99.8 Å². The number of rotatable bonds is 4. The molecule has 110 valence electrons. The summed E-state index contributed by atoms with van der Waals surface area (Å²) in [5.41, 5.74) is 5.09. The molecule has 2 aliphatic carbocycles. The van der Waals surface area contributed by atoms with Crippen LogP contribution in [-0.2, 0) is 4.79 Å². The highest BCUT2D eigenvalue weighted by molar-refractivity contribution is 6.07. The quantitative estimate of drug-likeness (QED) is 0.380. The summed E-state index contributed by atoms with van der Waals surface area (Å²) in [5.74, 6) is 0.305. The van der Waals surface area contributed by atoms with E-state index >= 15 is 0 Å². The van der Waals surface area contributed by atoms with Crippen molar-refractivity contribution in [2.75, 3.05) is 13.1 Å². The van der Waals surface area contributed by atoms with Gasteiger partial charge in [-0.2, -0.15) is 0 Å². The molecule has 4 N–H and O–H groups in total. The Kier molecular flexibility index (Phi) is 3.27. The van der Waals surface area contributed by atoms with E-state index in [1.54, 1.807) is 0 Å². The van der Waals surface area contributed by atoms with Crippen molar-refractivity contribution in [1.29, 1.82) is 0 Å². The van der Waals surface area contributed by atoms with Crippen LogP contribution in [0.1, 0.15) is 38.5 Å². The zero-order chi connectivity index (χ0) is 14.2. The Bertz CT molecular complexity index is 452. The van der Waals surface area contributed by atoms with Crippen molar-refractivity contribution in [2.24, 2.45) is 10.7 Å². The number of hydrogen-bond donors (Lipinski definition) is 3. The Balaban J connectivity index is 1.54. The Morgan fingerprint density at radius 1 is 1.40 bits per heavy atom. The molecule has 7 nitrogen and oxygen atoms in total. The fourth-order valence-electron chi connectivity index (χ4n) is 2.95. The van der Waals surface area contributed by atoms with Crippen LogP contribution in [0.15, 0.2) is 4.99 Å². The average molecular weight is 279 g/mol. The van der Waals surface area contributed by atoms with Gasteiger partial charge < -0.3 is 16.4 Å². The highest BCUT2D eigenvalue weighted by Gasteiger charge is 2.52. The van der Waals surface area contributed by atoms with Gasteiger partial charge in [0.15, 0.2) is 5.96 Å². The van der Waals surface area contributed by atoms with Gasteiger partial charge in [0, 0.05) is 6.04 Å². The van der Waals surface area contributed by atoms with Gasteiger partial charge in [0.05, 0.1) is 13.1 Å². The molecule has 0 unspecified atom stereocenters. The number of nitrogens with two attached hydrogens (primary N) is 1. The summed E-state index contributed by atoms with van der Waals surface area (Å²) in [7, 11) is 0. The molecule has 1 heterocycles. The SMILES string of the molecule is NC(=NCCN1C(=O)NC2(CCCC2)C1=O)NC1CC1. The summed E-state index contributed by atoms with van der Waals surface area (Å²) in [6, 6.07) is 0.165. The van der Waals surface area contributed by atoms with Gasteiger partial charge >= 0.3 is 6.03 Å². The van der Waals surface area contributed by atoms with Crippen molar-refractivity contribution in [3.63, 3.8) is 0 Å². The number of aliphatic imine (C=N–C) groups is 1. The molecule has 0 atom stereocenters. The number of urea groups is 1. The third kappa shape index (κ3) is 2.44. The van der Waals surface area contributed by atoms with Gasteiger partial charge in [0.1, 0.15) is 5.54 Å². The lowest BCUT2D eigenvalue weighted by Crippen LogP contribution is -2.44. The van der Waals surface area contributed by atoms with Crippen LogP contribution >= 0.6 is 0 Å². The minimum Gasteiger partial charge on any atom is -0.370 e. The van der Waals surface area contributed by atoms with E-state index in [9.17, 15) is 9.59 Å². The van der Waals surface area contributed by atoms with E-state index in [2.05, 4.69) is 15.6 Å². The average Bonchev–Trinajstić information content (AvgIpc) is 3.03. The summed E-state index contributed by atoms with van der Waals surface area (Å²) in [6.07, 6.45) is 5.76. The largest absolute Gasteiger partial charge is 0.370 e. The number of nitrogens with one attached hydrogen (secondary N) is 2. The fourth-order valence-corrected chi connectivity index (χ4v) is 2.95. The smallest absolute Gasteiger partial charge is 0.325 e. The lowest BCUT2D eigenvalue weighted by Gasteiger charge is -2.19. The molecule has 1 saturated heterocycles. The van der Waals surface area contributed by atoms with E-state index in [4.69, 9.17) is 5.73 Å². The molecule has 0 aromatic heterocycles. The van der Waals surface area contributed by atoms with E-state index in [0.717, 1.165) is 38.5 Å². The van der Waals surface area contributed by atoms with Crippen LogP contribution in [0.4, 0.5) is 4.79 Å². The van der Waals surface area contributed by atoms with Crippen LogP contribution in [-0.4, -0.2) is 47.5 Å². The minimum absolute atomic E-state index is 0.0936. The predicted octanol–water partition coefficient (Wildman–Crippen LogP) is -0.0823. The highest BCUT2D eigenvalue weighted by Crippen LogP contribution is 2.34. The molecule has 1 spiro atoms. The van der Waals surface area contributed by atoms with Gasteiger partial charge in [-0.05, 0) is 25.7 Å². The van der Waals surface area contributed by atoms with Crippen LogP contribution in [0.25, 0.3) is 0 Å². The third-order valence-electron chi connectivity index (χ3n) is 4.24. The number of carbonyl (C=O) groups excluding carboxylic acids is 2. The first kappa shape index (κ1) is 13.2. The monoisotopic (exact) mass is 279 g/mol. The van der Waals surface area contributed by atoms with Gasteiger partial charge in [-0.25, -0.2) is 4.79 Å². The van der Waals surface area contributed by atoms with Crippen LogP contribution in [0.5, 0.6) is 0 Å². The molecule has 0 bridgehead atoms. The first-order chi connectivity index (χ1) is 9.61. The van der Waals surface area contributed by atoms with Crippen molar-refractivity contribution in [2.45, 2.75) is 50.1 Å². The summed E-state index contributed by atoms with van der Waals surface area (Å²) >= 11 is 0. The number of guanidine groups is 1. The third-order valence-corrected chi connectivity index (χ3v) is 4.24. The van der Waals surface area contributed by atoms with Crippen LogP contribution in [0.2, 0.25) is 0 Å². The van der Waals surface area contributed by atoms with E-state index in [1.165, 1.54) is 4.90 Å². The van der Waals surface area contributed by atoms with Gasteiger partial charge in [-0.1, -0.05) is 12.8 Å². The maximum Gasteiger partial charge on any atom is 0.325 e. The molecule has 3 amide bonds. The summed E-state index contributed by atoms with van der Waals surface area (Å²) < 4.78 is 0. The van der Waals surface area contributed by atoms with Crippen molar-refractivity contribution >= 4 is 17.9 Å². The van der Waals surface area contributed by atoms with Crippen molar-refractivity contribution < 1.29 is 9.59 Å². The van der Waals surface area contributed by atoms with E-state index in [0.29, 0.717) is 25.1 Å². The van der Waals surface area contributed by atoms with E-state index in [-0.39, 0.29) is 11.9 Å². The van der Waals surface area contributed by atoms with Gasteiger partial charge in [0.25, 0.3) is 5.91 Å². The summed E-state index contributed by atoms with van der Waals surface area (Å²) in [5, 5.41) is 5.93. The summed E-state index contributed by atoms with van der Waals surface area (Å²) in [6.45, 7) is 0.639. The van der Waals surface area contributed by atoms with Crippen molar-refractivity contribution in [3.8, 4) is 0 Å². The molecule has 1 aliphatic heterocycles. The molecule has 3 fully saturated rings. The van der Waals surface area contributed by atoms with Crippen molar-refractivity contribution in [3.05, 3.63) is 0 Å². The number of carbonyl (C=O) groups is 2. The number of hydrogen-bond acceptors (Lipinski definition) is 3. The molecule has 20 heavy (non-hydrogen) atoms. The molecule has 0 radical (unpaired) electrons. The Hall–Kier alpha value is -1.79. The Morgan fingerprint density at radius 2 is 2.10 bits per heavy atom. The van der Waals surface area contributed by atoms with Gasteiger partial charge in [-0.3, -0.25) is 14.7 Å². The second kappa shape index (κ2) is 4.96. The zero-order valence-corrected chi connectivity index (χ0v) is 11.5. The van der Waals surface area contributed by atoms with Crippen molar-refractivity contribution in [1.82, 2.24) is 15.5 Å². The standard InChI is InChI=1S/C13H21N5O2/c14-11(16-9-3-4-9)15-7-8-18-10(19)13(17-12(18)20)5-1-2-6-13/h9H,1-8H2,(H,17,20)(H3,14,15,16). The molecular formula is C13H21N5O2. The number of imide groups is 1. The second-order valence-electron chi connectivity index (χ2n) is 5.86. The summed E-state index contributed by atoms with van der Waals surface area (Å²) in [4.78, 5) is 29.7. The normalized spacial score (nSPS) is 25.4. The lowest BCUT2D eigenvalue weighted by atomic mass is 9.98. The minimum atomic E-state index is -0.626. The predicted molar refractivity (Wildman–Crippen MR) is 74.1 cm³/mol. The van der Waals surface area contributed by atoms with Crippen LogP contribution < -0.4 is 16.4 Å². The van der Waals surface area contributed by atoms with Crippen LogP contribution in [0.3, 0.4) is 0 Å². The first-order valence-corrected chi connectivity index (χ1v) is 7.31. The first-order valence-electron chi connectivity index (χ1n) is 7.31. The fraction of sp³-hybridized carbons (Fsp3) is 0.769. The van der Waals surface area contributed by atoms with Crippen LogP contribution in [0, 0.1) is 0 Å². The Morgan fingerprint density at radius 3 is 2.75 bits per heavy atom. The molecule has 0 aromatic carbocycles. The van der Waals surface area contributed by atoms with E-state index < -0.39 is 5.54 Å². The molecule has 0 aromatic rings. The van der Waals surface area contributed by atoms with E-state index in [1.807, 2.05) is 0 Å². The van der Waals surface area contributed by atoms with Gasteiger partial charge in [0.2, 0.25) is 0 Å². The number of amides is 3. The highest BCUT2D eigenvalue weighted by atomic mass is 16.2. The lowest BCUT2D eigenvalue weighted by molar-refractivity contribution is -0.131. The molecular weight excluding hydrogens is 258 g/mol. The maximum absolute atomic E-state index is 12.4. The van der Waals surface area contributed by atoms with Gasteiger partial charge in [-0.15, -0.1) is 0 Å². The zero-order valence-electron chi connectivity index (χ0n) is 11.5.